The molecule has 1 aliphatic heterocycles. The van der Waals surface area contributed by atoms with Gasteiger partial charge in [0.25, 0.3) is 0 Å². The van der Waals surface area contributed by atoms with E-state index in [2.05, 4.69) is 112 Å². The molecule has 1 aromatic heterocycles. The van der Waals surface area contributed by atoms with Crippen LogP contribution in [0, 0.1) is 19.8 Å². The molecule has 2 saturated carbocycles. The molecule has 2 atom stereocenters. The summed E-state index contributed by atoms with van der Waals surface area (Å²) in [6.45, 7) is 9.11. The molecular weight excluding hydrogens is 950 g/mol. The van der Waals surface area contributed by atoms with Crippen LogP contribution in [0.2, 0.25) is 0 Å². The third-order valence-electron chi connectivity index (χ3n) is 12.7. The van der Waals surface area contributed by atoms with Gasteiger partial charge in [-0.05, 0) is 129 Å². The fourth-order valence-electron chi connectivity index (χ4n) is 9.77. The quantitative estimate of drug-likeness (QED) is 0.126. The minimum atomic E-state index is -0.650. The minimum Gasteiger partial charge on any atom is -0.507 e. The first-order valence-corrected chi connectivity index (χ1v) is 24.9. The number of phenolic OH excluding ortho intramolecular Hbond substituents is 1. The second-order valence-corrected chi connectivity index (χ2v) is 18.9. The highest BCUT2D eigenvalue weighted by Gasteiger charge is 2.34. The minimum absolute atomic E-state index is 0.250. The van der Waals surface area contributed by atoms with Gasteiger partial charge in [-0.2, -0.15) is 19.2 Å². The van der Waals surface area contributed by atoms with E-state index in [1.54, 1.807) is 0 Å². The molecule has 0 spiro atoms. The molecule has 344 valence electrons. The van der Waals surface area contributed by atoms with Crippen molar-refractivity contribution in [3.05, 3.63) is 118 Å². The molecule has 0 radical (unpaired) electrons. The summed E-state index contributed by atoms with van der Waals surface area (Å²) < 4.78 is 13.9. The second kappa shape index (κ2) is 25.6. The van der Waals surface area contributed by atoms with E-state index in [0.29, 0.717) is 35.6 Å². The van der Waals surface area contributed by atoms with E-state index in [9.17, 15) is 9.90 Å². The first-order chi connectivity index (χ1) is 31.5. The highest BCUT2D eigenvalue weighted by atomic mass is 79.9. The van der Waals surface area contributed by atoms with Crippen molar-refractivity contribution in [3.8, 4) is 22.8 Å². The normalized spacial score (nSPS) is 16.8. The van der Waals surface area contributed by atoms with Crippen molar-refractivity contribution >= 4 is 72.2 Å². The average molecular weight is 1010 g/mol. The maximum atomic E-state index is 12.7. The number of ether oxygens (including phenoxy) is 2. The summed E-state index contributed by atoms with van der Waals surface area (Å²) in [5.41, 5.74) is 14.3. The van der Waals surface area contributed by atoms with Crippen molar-refractivity contribution in [2.45, 2.75) is 128 Å². The summed E-state index contributed by atoms with van der Waals surface area (Å²) in [4.78, 5) is 45.9. The molecule has 1 N–H and O–H groups in total. The Kier molecular flexibility index (Phi) is 20.1. The topological polar surface area (TPSA) is 129 Å². The Morgan fingerprint density at radius 1 is 0.785 bits per heavy atom. The molecule has 0 amide bonds. The van der Waals surface area contributed by atoms with E-state index in [1.165, 1.54) is 126 Å². The van der Waals surface area contributed by atoms with Crippen molar-refractivity contribution in [1.29, 1.82) is 0 Å². The maximum absolute atomic E-state index is 12.7. The van der Waals surface area contributed by atoms with Gasteiger partial charge in [0.15, 0.2) is 0 Å². The molecule has 2 fully saturated rings. The van der Waals surface area contributed by atoms with Crippen LogP contribution in [0.4, 0.5) is 0 Å². The largest absolute Gasteiger partial charge is 0.507 e. The van der Waals surface area contributed by atoms with E-state index < -0.39 is 6.10 Å². The molecule has 65 heavy (non-hydrogen) atoms. The Labute approximate surface area is 400 Å². The number of allylic oxidation sites excluding steroid dienone is 2. The smallest absolute Gasteiger partial charge is 0.373 e. The van der Waals surface area contributed by atoms with Crippen molar-refractivity contribution in [3.63, 3.8) is 0 Å². The van der Waals surface area contributed by atoms with Crippen LogP contribution in [0.3, 0.4) is 0 Å². The summed E-state index contributed by atoms with van der Waals surface area (Å²) in [5, 5.41) is 12.8. The SMILES string of the molecule is CCC(Br)CBr.CCOC(=O)C1Cn2c(c(C3CCCCC3)c3ccc(C)cc32)-c2ccccc2O1.Cc1ccc2c(c1)CC(c1ccccc1O)=C2C1CCCCC1.O=C=O.O=C=O. The van der Waals surface area contributed by atoms with Crippen molar-refractivity contribution < 1.29 is 38.6 Å². The van der Waals surface area contributed by atoms with Crippen molar-refractivity contribution in [1.82, 2.24) is 4.57 Å². The molecule has 5 aromatic rings. The summed E-state index contributed by atoms with van der Waals surface area (Å²) >= 11 is 6.76. The number of aryl methyl sites for hydroxylation is 2. The molecule has 2 heterocycles. The van der Waals surface area contributed by atoms with Crippen LogP contribution >= 0.6 is 31.9 Å². The van der Waals surface area contributed by atoms with Gasteiger partial charge < -0.3 is 19.1 Å². The number of aromatic nitrogens is 1. The molecular formula is C54H61Br2NO8. The van der Waals surface area contributed by atoms with Crippen LogP contribution in [-0.4, -0.2) is 50.8 Å². The number of phenols is 1. The number of fused-ring (bicyclic) bond motifs is 6. The Morgan fingerprint density at radius 2 is 1.37 bits per heavy atom. The summed E-state index contributed by atoms with van der Waals surface area (Å²) in [5.74, 6) is 2.09. The molecule has 0 saturated heterocycles. The number of nitrogens with zero attached hydrogens (tertiary/aromatic N) is 1. The van der Waals surface area contributed by atoms with Gasteiger partial charge in [0.2, 0.25) is 6.10 Å². The lowest BCUT2D eigenvalue weighted by molar-refractivity contribution is -0.193. The summed E-state index contributed by atoms with van der Waals surface area (Å²) in [6, 6.07) is 29.6. The van der Waals surface area contributed by atoms with Crippen LogP contribution in [-0.2, 0) is 41.7 Å². The number of aromatic hydroxyl groups is 1. The lowest BCUT2D eigenvalue weighted by atomic mass is 9.79. The predicted molar refractivity (Wildman–Crippen MR) is 262 cm³/mol. The molecule has 3 aliphatic carbocycles. The van der Waals surface area contributed by atoms with Gasteiger partial charge in [-0.3, -0.25) is 0 Å². The fraction of sp³-hybridized carbons (Fsp3) is 0.426. The van der Waals surface area contributed by atoms with E-state index in [0.717, 1.165) is 28.6 Å². The Bertz CT molecular complexity index is 2450. The zero-order valence-corrected chi connectivity index (χ0v) is 41.2. The number of esters is 1. The molecule has 11 heteroatoms. The number of hydrogen-bond donors (Lipinski definition) is 1. The zero-order chi connectivity index (χ0) is 46.9. The van der Waals surface area contributed by atoms with E-state index in [1.807, 2.05) is 37.3 Å². The number of hydrogen-bond acceptors (Lipinski definition) is 8. The monoisotopic (exact) mass is 1010 g/mol. The van der Waals surface area contributed by atoms with E-state index in [-0.39, 0.29) is 18.3 Å². The predicted octanol–water partition coefficient (Wildman–Crippen LogP) is 13.1. The van der Waals surface area contributed by atoms with E-state index >= 15 is 0 Å². The summed E-state index contributed by atoms with van der Waals surface area (Å²) in [7, 11) is 0. The highest BCUT2D eigenvalue weighted by molar-refractivity contribution is 9.12. The van der Waals surface area contributed by atoms with Crippen LogP contribution < -0.4 is 4.74 Å². The van der Waals surface area contributed by atoms with Gasteiger partial charge in [-0.15, -0.1) is 0 Å². The van der Waals surface area contributed by atoms with Crippen LogP contribution in [0.5, 0.6) is 11.5 Å². The van der Waals surface area contributed by atoms with Crippen molar-refractivity contribution in [2.75, 3.05) is 11.9 Å². The van der Waals surface area contributed by atoms with Gasteiger partial charge in [0, 0.05) is 32.2 Å². The Morgan fingerprint density at radius 3 is 1.97 bits per heavy atom. The Hall–Kier alpha value is -5.05. The molecule has 2 unspecified atom stereocenters. The number of carbonyl (C=O) groups excluding carboxylic acids is 5. The van der Waals surface area contributed by atoms with Crippen molar-refractivity contribution in [2.24, 2.45) is 5.92 Å². The van der Waals surface area contributed by atoms with Crippen LogP contribution in [0.1, 0.15) is 124 Å². The van der Waals surface area contributed by atoms with Gasteiger partial charge in [-0.25, -0.2) is 4.79 Å². The van der Waals surface area contributed by atoms with Gasteiger partial charge in [-0.1, -0.05) is 144 Å². The third-order valence-corrected chi connectivity index (χ3v) is 15.3. The second-order valence-electron chi connectivity index (χ2n) is 17.0. The first-order valence-electron chi connectivity index (χ1n) is 22.9. The number of alkyl halides is 2. The fourth-order valence-corrected chi connectivity index (χ4v) is 10.2. The first kappa shape index (κ1) is 50.9. The van der Waals surface area contributed by atoms with Gasteiger partial charge in [0.1, 0.15) is 11.5 Å². The number of carbonyl (C=O) groups is 1. The van der Waals surface area contributed by atoms with Crippen LogP contribution in [0.15, 0.2) is 84.9 Å². The number of halogens is 2. The molecule has 4 aromatic carbocycles. The van der Waals surface area contributed by atoms with Crippen LogP contribution in [0.25, 0.3) is 33.3 Å². The summed E-state index contributed by atoms with van der Waals surface area (Å²) in [6.07, 6.45) is 15.0. The highest BCUT2D eigenvalue weighted by Crippen LogP contribution is 2.49. The average Bonchev–Trinajstić information content (AvgIpc) is 3.79. The van der Waals surface area contributed by atoms with E-state index in [4.69, 9.17) is 28.7 Å². The maximum Gasteiger partial charge on any atom is 0.373 e. The standard InChI is InChI=1S/C26H29NO3.C22H24O.C4H8Br2.2CO2/c1-3-29-26(28)23-16-27-21-15-17(2)13-14-19(21)24(18-9-5-4-6-10-18)25(27)20-11-7-8-12-22(20)30-23;1-15-11-12-18-17(13-15)14-20(19-9-5-6-10-21(19)23)22(18)16-7-3-2-4-8-16;1-2-4(6)3-5;2*2-1-3/h7-8,11-15,18,23H,3-6,9-10,16H2,1-2H3;5-6,9-13,16,23H,2-4,7-8,14H2,1H3;4H,2-3H2,1H3;;. The zero-order valence-electron chi connectivity index (χ0n) is 38.0. The number of para-hydroxylation sites is 2. The molecule has 9 rings (SSSR count). The Balaban J connectivity index is 0.000000200. The number of rotatable bonds is 7. The van der Waals surface area contributed by atoms with Gasteiger partial charge >= 0.3 is 18.3 Å². The molecule has 0 bridgehead atoms. The lowest BCUT2D eigenvalue weighted by Crippen LogP contribution is -2.33. The molecule has 4 aliphatic rings. The number of benzene rings is 4. The molecule has 9 nitrogen and oxygen atoms in total. The lowest BCUT2D eigenvalue weighted by Gasteiger charge is -2.25. The third kappa shape index (κ3) is 12.9. The van der Waals surface area contributed by atoms with Gasteiger partial charge in [0.05, 0.1) is 18.8 Å².